The van der Waals surface area contributed by atoms with Crippen LogP contribution in [-0.4, -0.2) is 74.9 Å². The van der Waals surface area contributed by atoms with Crippen molar-refractivity contribution < 1.29 is 14.3 Å². The van der Waals surface area contributed by atoms with Crippen molar-refractivity contribution >= 4 is 5.91 Å². The average molecular weight is 296 g/mol. The van der Waals surface area contributed by atoms with E-state index < -0.39 is 0 Å². The van der Waals surface area contributed by atoms with E-state index >= 15 is 0 Å². The molecule has 3 rings (SSSR count). The highest BCUT2D eigenvalue weighted by molar-refractivity contribution is 5.84. The average Bonchev–Trinajstić information content (AvgIpc) is 2.96. The van der Waals surface area contributed by atoms with Crippen molar-refractivity contribution in [3.8, 4) is 0 Å². The smallest absolute Gasteiger partial charge is 0.231 e. The first-order chi connectivity index (χ1) is 10.2. The zero-order valence-corrected chi connectivity index (χ0v) is 13.2. The molecule has 0 bridgehead atoms. The highest BCUT2D eigenvalue weighted by Crippen LogP contribution is 2.42. The summed E-state index contributed by atoms with van der Waals surface area (Å²) in [7, 11) is 1.70. The number of hydrogen-bond acceptors (Lipinski definition) is 4. The lowest BCUT2D eigenvalue weighted by molar-refractivity contribution is -0.154. The fourth-order valence-corrected chi connectivity index (χ4v) is 3.85. The monoisotopic (exact) mass is 296 g/mol. The van der Waals surface area contributed by atoms with Crippen LogP contribution in [0.3, 0.4) is 0 Å². The Kier molecular flexibility index (Phi) is 4.82. The van der Waals surface area contributed by atoms with Gasteiger partial charge in [0.15, 0.2) is 0 Å². The molecular weight excluding hydrogens is 268 g/mol. The number of carbonyl (C=O) groups excluding carboxylic acids is 1. The van der Waals surface area contributed by atoms with E-state index in [0.717, 1.165) is 58.6 Å². The molecule has 2 heterocycles. The Morgan fingerprint density at radius 3 is 2.52 bits per heavy atom. The molecule has 5 nitrogen and oxygen atoms in total. The van der Waals surface area contributed by atoms with E-state index in [0.29, 0.717) is 18.6 Å². The number of piperazine rings is 1. The highest BCUT2D eigenvalue weighted by Gasteiger charge is 2.46. The third-order valence-electron chi connectivity index (χ3n) is 5.33. The van der Waals surface area contributed by atoms with Gasteiger partial charge in [-0.15, -0.1) is 0 Å². The Bertz CT molecular complexity index is 357. The Balaban J connectivity index is 1.47. The van der Waals surface area contributed by atoms with Crippen molar-refractivity contribution in [2.24, 2.45) is 5.41 Å². The van der Waals surface area contributed by atoms with Crippen LogP contribution in [0.2, 0.25) is 0 Å². The number of amides is 1. The van der Waals surface area contributed by atoms with Crippen molar-refractivity contribution in [2.45, 2.75) is 38.2 Å². The van der Waals surface area contributed by atoms with E-state index in [1.165, 1.54) is 12.8 Å². The molecule has 0 aromatic carbocycles. The van der Waals surface area contributed by atoms with Crippen LogP contribution in [0, 0.1) is 5.41 Å². The molecule has 120 valence electrons. The van der Waals surface area contributed by atoms with Crippen LogP contribution in [0.5, 0.6) is 0 Å². The maximum absolute atomic E-state index is 12.7. The van der Waals surface area contributed by atoms with E-state index in [9.17, 15) is 4.79 Å². The molecule has 1 atom stereocenters. The van der Waals surface area contributed by atoms with E-state index in [-0.39, 0.29) is 5.41 Å². The van der Waals surface area contributed by atoms with Gasteiger partial charge in [-0.3, -0.25) is 9.69 Å². The third-order valence-corrected chi connectivity index (χ3v) is 5.33. The molecule has 0 aromatic heterocycles. The van der Waals surface area contributed by atoms with Gasteiger partial charge in [0.1, 0.15) is 0 Å². The summed E-state index contributed by atoms with van der Waals surface area (Å²) in [4.78, 5) is 17.3. The Morgan fingerprint density at radius 1 is 1.24 bits per heavy atom. The molecule has 0 N–H and O–H groups in total. The van der Waals surface area contributed by atoms with Crippen molar-refractivity contribution in [2.75, 3.05) is 53.0 Å². The maximum Gasteiger partial charge on any atom is 0.231 e. The first-order valence-corrected chi connectivity index (χ1v) is 8.36. The summed E-state index contributed by atoms with van der Waals surface area (Å²) in [6, 6.07) is 0. The van der Waals surface area contributed by atoms with Gasteiger partial charge in [-0.2, -0.15) is 0 Å². The summed E-state index contributed by atoms with van der Waals surface area (Å²) in [5.41, 5.74) is -0.203. The SMILES string of the molecule is COCC1(C(=O)N2CCN(C[C@H]3CCCO3)CC2)CCC1. The fourth-order valence-electron chi connectivity index (χ4n) is 3.85. The number of nitrogens with zero attached hydrogens (tertiary/aromatic N) is 2. The van der Waals surface area contributed by atoms with Gasteiger partial charge in [-0.25, -0.2) is 0 Å². The summed E-state index contributed by atoms with van der Waals surface area (Å²) in [6.07, 6.45) is 5.96. The first kappa shape index (κ1) is 15.3. The summed E-state index contributed by atoms with van der Waals surface area (Å²) < 4.78 is 11.0. The molecule has 3 fully saturated rings. The van der Waals surface area contributed by atoms with Crippen molar-refractivity contribution in [3.63, 3.8) is 0 Å². The van der Waals surface area contributed by atoms with E-state index in [1.807, 2.05) is 0 Å². The Labute approximate surface area is 127 Å². The molecular formula is C16H28N2O3. The lowest BCUT2D eigenvalue weighted by atomic mass is 9.68. The van der Waals surface area contributed by atoms with Crippen LogP contribution in [0.4, 0.5) is 0 Å². The second-order valence-electron chi connectivity index (χ2n) is 6.79. The van der Waals surface area contributed by atoms with Gasteiger partial charge in [0.25, 0.3) is 0 Å². The standard InChI is InChI=1S/C16H28N2O3/c1-20-13-16(5-3-6-16)15(19)18-9-7-17(8-10-18)12-14-4-2-11-21-14/h14H,2-13H2,1H3/t14-/m1/s1. The fraction of sp³-hybridized carbons (Fsp3) is 0.938. The number of carbonyl (C=O) groups is 1. The largest absolute Gasteiger partial charge is 0.384 e. The van der Waals surface area contributed by atoms with Crippen LogP contribution in [0.15, 0.2) is 0 Å². The normalized spacial score (nSPS) is 29.4. The molecule has 5 heteroatoms. The summed E-state index contributed by atoms with van der Waals surface area (Å²) in [5.74, 6) is 0.326. The van der Waals surface area contributed by atoms with E-state index in [4.69, 9.17) is 9.47 Å². The van der Waals surface area contributed by atoms with Gasteiger partial charge in [-0.05, 0) is 25.7 Å². The van der Waals surface area contributed by atoms with Gasteiger partial charge in [0.05, 0.1) is 18.1 Å². The number of ether oxygens (including phenoxy) is 2. The third kappa shape index (κ3) is 3.25. The number of rotatable bonds is 5. The first-order valence-electron chi connectivity index (χ1n) is 8.36. The van der Waals surface area contributed by atoms with Crippen LogP contribution in [0.1, 0.15) is 32.1 Å². The second kappa shape index (κ2) is 6.63. The molecule has 2 aliphatic heterocycles. The van der Waals surface area contributed by atoms with Gasteiger partial charge in [0.2, 0.25) is 5.91 Å². The molecule has 0 spiro atoms. The second-order valence-corrected chi connectivity index (χ2v) is 6.79. The zero-order valence-electron chi connectivity index (χ0n) is 13.2. The topological polar surface area (TPSA) is 42.0 Å². The predicted octanol–water partition coefficient (Wildman–Crippen LogP) is 1.13. The summed E-state index contributed by atoms with van der Waals surface area (Å²) in [5, 5.41) is 0. The molecule has 0 radical (unpaired) electrons. The predicted molar refractivity (Wildman–Crippen MR) is 80.2 cm³/mol. The lowest BCUT2D eigenvalue weighted by Crippen LogP contribution is -2.56. The van der Waals surface area contributed by atoms with E-state index in [2.05, 4.69) is 9.80 Å². The number of hydrogen-bond donors (Lipinski definition) is 0. The van der Waals surface area contributed by atoms with Crippen LogP contribution < -0.4 is 0 Å². The maximum atomic E-state index is 12.7. The minimum atomic E-state index is -0.203. The molecule has 1 saturated carbocycles. The highest BCUT2D eigenvalue weighted by atomic mass is 16.5. The quantitative estimate of drug-likeness (QED) is 0.762. The van der Waals surface area contributed by atoms with Gasteiger partial charge in [0, 0.05) is 46.4 Å². The molecule has 1 amide bonds. The molecule has 1 aliphatic carbocycles. The molecule has 21 heavy (non-hydrogen) atoms. The van der Waals surface area contributed by atoms with Gasteiger partial charge in [-0.1, -0.05) is 6.42 Å². The van der Waals surface area contributed by atoms with Crippen molar-refractivity contribution in [3.05, 3.63) is 0 Å². The zero-order chi connectivity index (χ0) is 14.7. The Hall–Kier alpha value is -0.650. The van der Waals surface area contributed by atoms with E-state index in [1.54, 1.807) is 7.11 Å². The molecule has 2 saturated heterocycles. The summed E-state index contributed by atoms with van der Waals surface area (Å²) in [6.45, 7) is 6.22. The van der Waals surface area contributed by atoms with Crippen molar-refractivity contribution in [1.29, 1.82) is 0 Å². The molecule has 0 unspecified atom stereocenters. The van der Waals surface area contributed by atoms with Crippen LogP contribution in [0.25, 0.3) is 0 Å². The number of methoxy groups -OCH3 is 1. The molecule has 0 aromatic rings. The van der Waals surface area contributed by atoms with Crippen molar-refractivity contribution in [1.82, 2.24) is 9.80 Å². The van der Waals surface area contributed by atoms with Gasteiger partial charge < -0.3 is 14.4 Å². The van der Waals surface area contributed by atoms with Crippen LogP contribution in [-0.2, 0) is 14.3 Å². The molecule has 3 aliphatic rings. The minimum absolute atomic E-state index is 0.203. The minimum Gasteiger partial charge on any atom is -0.384 e. The summed E-state index contributed by atoms with van der Waals surface area (Å²) >= 11 is 0. The van der Waals surface area contributed by atoms with Crippen LogP contribution >= 0.6 is 0 Å². The lowest BCUT2D eigenvalue weighted by Gasteiger charge is -2.45. The Morgan fingerprint density at radius 2 is 2.00 bits per heavy atom. The van der Waals surface area contributed by atoms with Gasteiger partial charge >= 0.3 is 0 Å².